The molecule has 1 aliphatic heterocycles. The van der Waals surface area contributed by atoms with Crippen molar-refractivity contribution >= 4 is 11.6 Å². The van der Waals surface area contributed by atoms with Gasteiger partial charge in [-0.2, -0.15) is 0 Å². The zero-order valence-corrected chi connectivity index (χ0v) is 8.98. The lowest BCUT2D eigenvalue weighted by Gasteiger charge is -2.08. The molecule has 0 saturated heterocycles. The van der Waals surface area contributed by atoms with Crippen LogP contribution in [0.25, 0.3) is 0 Å². The molecule has 0 spiro atoms. The third-order valence-corrected chi connectivity index (χ3v) is 2.97. The van der Waals surface area contributed by atoms with Crippen LogP contribution in [0.3, 0.4) is 0 Å². The molecule has 0 fully saturated rings. The maximum atomic E-state index is 13.2. The van der Waals surface area contributed by atoms with E-state index >= 15 is 0 Å². The Kier molecular flexibility index (Phi) is 2.18. The summed E-state index contributed by atoms with van der Waals surface area (Å²) in [6, 6.07) is 13.7. The average molecular weight is 227 g/mol. The van der Waals surface area contributed by atoms with Gasteiger partial charge in [-0.05, 0) is 29.3 Å². The number of rotatable bonds is 1. The lowest BCUT2D eigenvalue weighted by Crippen LogP contribution is -2.13. The van der Waals surface area contributed by atoms with Crippen molar-refractivity contribution in [2.45, 2.75) is 5.92 Å². The predicted octanol–water partition coefficient (Wildman–Crippen LogP) is 2.91. The Balaban J connectivity index is 2.13. The van der Waals surface area contributed by atoms with Crippen LogP contribution >= 0.6 is 0 Å². The van der Waals surface area contributed by atoms with E-state index < -0.39 is 5.92 Å². The Morgan fingerprint density at radius 2 is 1.88 bits per heavy atom. The summed E-state index contributed by atoms with van der Waals surface area (Å²) in [5.74, 6) is -0.821. The molecule has 1 unspecified atom stereocenters. The number of anilines is 1. The molecular weight excluding hydrogens is 217 g/mol. The van der Waals surface area contributed by atoms with E-state index in [1.54, 1.807) is 12.1 Å². The molecule has 3 heteroatoms. The lowest BCUT2D eigenvalue weighted by molar-refractivity contribution is -0.116. The van der Waals surface area contributed by atoms with E-state index in [4.69, 9.17) is 0 Å². The molecule has 1 amide bonds. The normalized spacial score (nSPS) is 17.7. The highest BCUT2D eigenvalue weighted by molar-refractivity contribution is 6.04. The van der Waals surface area contributed by atoms with Crippen molar-refractivity contribution in [2.24, 2.45) is 0 Å². The fraction of sp³-hybridized carbons (Fsp3) is 0.0714. The maximum Gasteiger partial charge on any atom is 0.236 e. The molecule has 1 atom stereocenters. The minimum Gasteiger partial charge on any atom is -0.325 e. The Labute approximate surface area is 98.1 Å². The van der Waals surface area contributed by atoms with Crippen molar-refractivity contribution in [1.29, 1.82) is 0 Å². The number of amides is 1. The first kappa shape index (κ1) is 10.0. The first-order chi connectivity index (χ1) is 8.25. The van der Waals surface area contributed by atoms with E-state index in [1.807, 2.05) is 24.3 Å². The average Bonchev–Trinajstić information content (AvgIpc) is 2.64. The number of benzene rings is 2. The summed E-state index contributed by atoms with van der Waals surface area (Å²) in [6.45, 7) is 0. The summed E-state index contributed by atoms with van der Waals surface area (Å²) in [6.07, 6.45) is 0. The molecular formula is C14H10FNO. The van der Waals surface area contributed by atoms with Crippen LogP contribution in [-0.4, -0.2) is 5.91 Å². The first-order valence-corrected chi connectivity index (χ1v) is 5.41. The highest BCUT2D eigenvalue weighted by atomic mass is 19.1. The maximum absolute atomic E-state index is 13.2. The Morgan fingerprint density at radius 1 is 1.06 bits per heavy atom. The van der Waals surface area contributed by atoms with Crippen LogP contribution in [-0.2, 0) is 4.79 Å². The van der Waals surface area contributed by atoms with Crippen molar-refractivity contribution in [1.82, 2.24) is 0 Å². The van der Waals surface area contributed by atoms with E-state index in [9.17, 15) is 9.18 Å². The highest BCUT2D eigenvalue weighted by Gasteiger charge is 2.31. The molecule has 84 valence electrons. The minimum atomic E-state index is -0.401. The second kappa shape index (κ2) is 3.70. The fourth-order valence-corrected chi connectivity index (χ4v) is 2.23. The predicted molar refractivity (Wildman–Crippen MR) is 63.3 cm³/mol. The third-order valence-electron chi connectivity index (χ3n) is 2.97. The number of para-hydroxylation sites is 1. The SMILES string of the molecule is O=C1Nc2ccccc2C1c1cccc(F)c1. The van der Waals surface area contributed by atoms with Gasteiger partial charge in [0, 0.05) is 5.69 Å². The molecule has 0 radical (unpaired) electrons. The second-order valence-corrected chi connectivity index (χ2v) is 4.06. The number of carbonyl (C=O) groups is 1. The van der Waals surface area contributed by atoms with Crippen molar-refractivity contribution in [3.8, 4) is 0 Å². The molecule has 1 N–H and O–H groups in total. The molecule has 1 heterocycles. The van der Waals surface area contributed by atoms with Gasteiger partial charge in [0.2, 0.25) is 5.91 Å². The standard InChI is InChI=1S/C14H10FNO/c15-10-5-3-4-9(8-10)13-11-6-1-2-7-12(11)16-14(13)17/h1-8,13H,(H,16,17). The number of nitrogens with one attached hydrogen (secondary N) is 1. The van der Waals surface area contributed by atoms with Crippen LogP contribution in [0.5, 0.6) is 0 Å². The molecule has 0 aromatic heterocycles. The molecule has 17 heavy (non-hydrogen) atoms. The summed E-state index contributed by atoms with van der Waals surface area (Å²) < 4.78 is 13.2. The van der Waals surface area contributed by atoms with E-state index in [0.29, 0.717) is 5.56 Å². The van der Waals surface area contributed by atoms with Crippen LogP contribution in [0.15, 0.2) is 48.5 Å². The van der Waals surface area contributed by atoms with Gasteiger partial charge in [-0.25, -0.2) is 4.39 Å². The van der Waals surface area contributed by atoms with Gasteiger partial charge in [0.25, 0.3) is 0 Å². The number of carbonyl (C=O) groups excluding carboxylic acids is 1. The van der Waals surface area contributed by atoms with Gasteiger partial charge >= 0.3 is 0 Å². The number of fused-ring (bicyclic) bond motifs is 1. The van der Waals surface area contributed by atoms with Crippen molar-refractivity contribution < 1.29 is 9.18 Å². The van der Waals surface area contributed by atoms with E-state index in [2.05, 4.69) is 5.32 Å². The van der Waals surface area contributed by atoms with Crippen LogP contribution in [0.2, 0.25) is 0 Å². The van der Waals surface area contributed by atoms with Gasteiger partial charge in [0.05, 0.1) is 5.92 Å². The van der Waals surface area contributed by atoms with E-state index in [1.165, 1.54) is 12.1 Å². The third kappa shape index (κ3) is 1.60. The molecule has 0 saturated carbocycles. The van der Waals surface area contributed by atoms with Crippen molar-refractivity contribution in [3.05, 3.63) is 65.5 Å². The quantitative estimate of drug-likeness (QED) is 0.797. The van der Waals surface area contributed by atoms with Gasteiger partial charge < -0.3 is 5.32 Å². The molecule has 2 aromatic carbocycles. The van der Waals surface area contributed by atoms with Gasteiger partial charge in [0.15, 0.2) is 0 Å². The topological polar surface area (TPSA) is 29.1 Å². The summed E-state index contributed by atoms with van der Waals surface area (Å²) in [5, 5.41) is 2.80. The molecule has 2 nitrogen and oxygen atoms in total. The fourth-order valence-electron chi connectivity index (χ4n) is 2.23. The van der Waals surface area contributed by atoms with Gasteiger partial charge in [-0.15, -0.1) is 0 Å². The second-order valence-electron chi connectivity index (χ2n) is 4.06. The molecule has 0 bridgehead atoms. The van der Waals surface area contributed by atoms with Gasteiger partial charge in [-0.1, -0.05) is 30.3 Å². The summed E-state index contributed by atoms with van der Waals surface area (Å²) in [5.41, 5.74) is 2.40. The van der Waals surface area contributed by atoms with Crippen LogP contribution < -0.4 is 5.32 Å². The Bertz CT molecular complexity index is 594. The van der Waals surface area contributed by atoms with Gasteiger partial charge in [0.1, 0.15) is 5.82 Å². The number of halogens is 1. The zero-order chi connectivity index (χ0) is 11.8. The van der Waals surface area contributed by atoms with Crippen LogP contribution in [0.1, 0.15) is 17.0 Å². The lowest BCUT2D eigenvalue weighted by atomic mass is 9.93. The minimum absolute atomic E-state index is 0.100. The molecule has 0 aliphatic carbocycles. The number of hydrogen-bond donors (Lipinski definition) is 1. The van der Waals surface area contributed by atoms with E-state index in [0.717, 1.165) is 11.3 Å². The highest BCUT2D eigenvalue weighted by Crippen LogP contribution is 2.36. The molecule has 3 rings (SSSR count). The zero-order valence-electron chi connectivity index (χ0n) is 8.98. The van der Waals surface area contributed by atoms with E-state index in [-0.39, 0.29) is 11.7 Å². The molecule has 1 aliphatic rings. The first-order valence-electron chi connectivity index (χ1n) is 5.41. The summed E-state index contributed by atoms with van der Waals surface area (Å²) in [7, 11) is 0. The summed E-state index contributed by atoms with van der Waals surface area (Å²) >= 11 is 0. The van der Waals surface area contributed by atoms with Gasteiger partial charge in [-0.3, -0.25) is 4.79 Å². The van der Waals surface area contributed by atoms with Crippen molar-refractivity contribution in [3.63, 3.8) is 0 Å². The number of hydrogen-bond acceptors (Lipinski definition) is 1. The Morgan fingerprint density at radius 3 is 2.71 bits per heavy atom. The summed E-state index contributed by atoms with van der Waals surface area (Å²) in [4.78, 5) is 11.9. The monoisotopic (exact) mass is 227 g/mol. The Hall–Kier alpha value is -2.16. The van der Waals surface area contributed by atoms with Crippen LogP contribution in [0.4, 0.5) is 10.1 Å². The molecule has 2 aromatic rings. The smallest absolute Gasteiger partial charge is 0.236 e. The van der Waals surface area contributed by atoms with Crippen molar-refractivity contribution in [2.75, 3.05) is 5.32 Å². The van der Waals surface area contributed by atoms with Crippen LogP contribution in [0, 0.1) is 5.82 Å². The largest absolute Gasteiger partial charge is 0.325 e.